The van der Waals surface area contributed by atoms with Crippen LogP contribution in [0.25, 0.3) is 10.6 Å². The van der Waals surface area contributed by atoms with Crippen LogP contribution in [-0.2, 0) is 6.54 Å². The Kier molecular flexibility index (Phi) is 5.82. The van der Waals surface area contributed by atoms with Gasteiger partial charge in [0.2, 0.25) is 0 Å². The molecule has 2 aromatic heterocycles. The van der Waals surface area contributed by atoms with Crippen LogP contribution in [0.1, 0.15) is 41.3 Å². The number of likely N-dealkylation sites (tertiary alicyclic amines) is 1. The van der Waals surface area contributed by atoms with Gasteiger partial charge in [0.05, 0.1) is 25.6 Å². The van der Waals surface area contributed by atoms with Gasteiger partial charge < -0.3 is 14.0 Å². The first-order valence-corrected chi connectivity index (χ1v) is 10.6. The fraction of sp³-hybridized carbons (Fsp3) is 0.476. The quantitative estimate of drug-likeness (QED) is 0.598. The van der Waals surface area contributed by atoms with Crippen molar-refractivity contribution in [3.8, 4) is 22.1 Å². The van der Waals surface area contributed by atoms with Crippen molar-refractivity contribution in [3.05, 3.63) is 40.7 Å². The third-order valence-electron chi connectivity index (χ3n) is 5.49. The topological polar surface area (TPSA) is 73.5 Å². The van der Waals surface area contributed by atoms with Crippen molar-refractivity contribution in [1.29, 1.82) is 0 Å². The van der Waals surface area contributed by atoms with Gasteiger partial charge in [-0.2, -0.15) is 0 Å². The minimum atomic E-state index is 0.336. The molecular weight excluding hydrogens is 388 g/mol. The lowest BCUT2D eigenvalue weighted by Gasteiger charge is -2.32. The van der Waals surface area contributed by atoms with Crippen molar-refractivity contribution < 1.29 is 14.0 Å². The number of hydrogen-bond acceptors (Lipinski definition) is 8. The summed E-state index contributed by atoms with van der Waals surface area (Å²) in [5.41, 5.74) is 4.36. The number of ether oxygens (including phenoxy) is 2. The van der Waals surface area contributed by atoms with Crippen molar-refractivity contribution in [2.75, 3.05) is 27.3 Å². The number of rotatable bonds is 6. The molecule has 29 heavy (non-hydrogen) atoms. The van der Waals surface area contributed by atoms with Crippen LogP contribution in [0.4, 0.5) is 0 Å². The molecule has 1 fully saturated rings. The van der Waals surface area contributed by atoms with Crippen molar-refractivity contribution >= 4 is 11.5 Å². The number of aromatic nitrogens is 3. The van der Waals surface area contributed by atoms with E-state index in [9.17, 15) is 0 Å². The predicted molar refractivity (Wildman–Crippen MR) is 112 cm³/mol. The minimum Gasteiger partial charge on any atom is -0.493 e. The fourth-order valence-electron chi connectivity index (χ4n) is 3.96. The number of piperidine rings is 1. The standard InChI is InChI=1S/C21H26N4O3S/c1-13-8-17(26-3)18(27-4)10-16(13)12-25-7-5-6-15(11-25)20-21(29-24-22-20)19-9-14(2)23-28-19/h8-10,15H,5-7,11-12H2,1-4H3/t15-/m1/s1. The fourth-order valence-corrected chi connectivity index (χ4v) is 4.66. The Morgan fingerprint density at radius 2 is 1.97 bits per heavy atom. The second-order valence-corrected chi connectivity index (χ2v) is 8.28. The van der Waals surface area contributed by atoms with E-state index < -0.39 is 0 Å². The maximum Gasteiger partial charge on any atom is 0.180 e. The van der Waals surface area contributed by atoms with Gasteiger partial charge in [0.1, 0.15) is 4.88 Å². The van der Waals surface area contributed by atoms with Crippen LogP contribution in [-0.4, -0.2) is 47.0 Å². The molecule has 1 atom stereocenters. The molecule has 0 spiro atoms. The number of benzene rings is 1. The normalized spacial score (nSPS) is 17.4. The molecule has 4 rings (SSSR count). The molecular formula is C21H26N4O3S. The van der Waals surface area contributed by atoms with Crippen LogP contribution in [0.3, 0.4) is 0 Å². The molecule has 8 heteroatoms. The average Bonchev–Trinajstić information content (AvgIpc) is 3.38. The second-order valence-electron chi connectivity index (χ2n) is 7.53. The SMILES string of the molecule is COc1cc(C)c(CN2CCC[C@@H](c3nnsc3-c3cc(C)no3)C2)cc1OC. The Bertz CT molecular complexity index is 984. The first-order chi connectivity index (χ1) is 14.1. The highest BCUT2D eigenvalue weighted by molar-refractivity contribution is 7.09. The highest BCUT2D eigenvalue weighted by Crippen LogP contribution is 2.36. The van der Waals surface area contributed by atoms with E-state index in [-0.39, 0.29) is 0 Å². The molecule has 0 amide bonds. The smallest absolute Gasteiger partial charge is 0.180 e. The maximum absolute atomic E-state index is 5.49. The molecule has 1 aliphatic heterocycles. The van der Waals surface area contributed by atoms with E-state index in [2.05, 4.69) is 32.6 Å². The van der Waals surface area contributed by atoms with Crippen LogP contribution in [0, 0.1) is 13.8 Å². The third-order valence-corrected chi connectivity index (χ3v) is 6.25. The van der Waals surface area contributed by atoms with E-state index in [1.165, 1.54) is 22.7 Å². The molecule has 0 radical (unpaired) electrons. The Labute approximate surface area is 174 Å². The van der Waals surface area contributed by atoms with Gasteiger partial charge >= 0.3 is 0 Å². The van der Waals surface area contributed by atoms with E-state index in [0.717, 1.165) is 66.0 Å². The first-order valence-electron chi connectivity index (χ1n) is 9.78. The van der Waals surface area contributed by atoms with Crippen molar-refractivity contribution in [2.24, 2.45) is 0 Å². The summed E-state index contributed by atoms with van der Waals surface area (Å²) in [5, 5.41) is 8.47. The Hall–Kier alpha value is -2.45. The summed E-state index contributed by atoms with van der Waals surface area (Å²) in [7, 11) is 3.34. The summed E-state index contributed by atoms with van der Waals surface area (Å²) in [5.74, 6) is 2.64. The molecule has 3 heterocycles. The molecule has 0 bridgehead atoms. The van der Waals surface area contributed by atoms with E-state index in [0.29, 0.717) is 5.92 Å². The summed E-state index contributed by atoms with van der Waals surface area (Å²) < 4.78 is 20.6. The summed E-state index contributed by atoms with van der Waals surface area (Å²) in [6.45, 7) is 6.93. The van der Waals surface area contributed by atoms with Gasteiger partial charge in [-0.1, -0.05) is 9.64 Å². The molecule has 0 aliphatic carbocycles. The zero-order chi connectivity index (χ0) is 20.4. The van der Waals surface area contributed by atoms with Gasteiger partial charge in [0.15, 0.2) is 17.3 Å². The maximum atomic E-state index is 5.49. The number of nitrogens with zero attached hydrogens (tertiary/aromatic N) is 4. The lowest BCUT2D eigenvalue weighted by atomic mass is 9.93. The first kappa shape index (κ1) is 19.8. The van der Waals surface area contributed by atoms with Crippen LogP contribution in [0.5, 0.6) is 11.5 Å². The monoisotopic (exact) mass is 414 g/mol. The van der Waals surface area contributed by atoms with Crippen LogP contribution >= 0.6 is 11.5 Å². The van der Waals surface area contributed by atoms with E-state index in [4.69, 9.17) is 14.0 Å². The zero-order valence-corrected chi connectivity index (χ0v) is 18.1. The number of hydrogen-bond donors (Lipinski definition) is 0. The molecule has 1 aliphatic rings. The number of methoxy groups -OCH3 is 2. The van der Waals surface area contributed by atoms with Crippen molar-refractivity contribution in [1.82, 2.24) is 19.6 Å². The van der Waals surface area contributed by atoms with Gasteiger partial charge in [-0.05, 0) is 68.0 Å². The lowest BCUT2D eigenvalue weighted by Crippen LogP contribution is -2.34. The van der Waals surface area contributed by atoms with Gasteiger partial charge in [-0.15, -0.1) is 5.10 Å². The Balaban J connectivity index is 1.52. The van der Waals surface area contributed by atoms with Crippen molar-refractivity contribution in [2.45, 2.75) is 39.2 Å². The molecule has 154 valence electrons. The molecule has 0 saturated carbocycles. The Morgan fingerprint density at radius 1 is 1.17 bits per heavy atom. The van der Waals surface area contributed by atoms with Crippen LogP contribution in [0.15, 0.2) is 22.7 Å². The predicted octanol–water partition coefficient (Wildman–Crippen LogP) is 4.21. The minimum absolute atomic E-state index is 0.336. The average molecular weight is 415 g/mol. The summed E-state index contributed by atoms with van der Waals surface area (Å²) >= 11 is 1.38. The van der Waals surface area contributed by atoms with Crippen LogP contribution in [0.2, 0.25) is 0 Å². The molecule has 0 N–H and O–H groups in total. The van der Waals surface area contributed by atoms with E-state index in [1.807, 2.05) is 19.1 Å². The summed E-state index contributed by atoms with van der Waals surface area (Å²) in [4.78, 5) is 3.48. The van der Waals surface area contributed by atoms with Gasteiger partial charge in [0.25, 0.3) is 0 Å². The van der Waals surface area contributed by atoms with Crippen LogP contribution < -0.4 is 9.47 Å². The molecule has 1 aromatic carbocycles. The lowest BCUT2D eigenvalue weighted by molar-refractivity contribution is 0.198. The highest BCUT2D eigenvalue weighted by Gasteiger charge is 2.28. The molecule has 1 saturated heterocycles. The van der Waals surface area contributed by atoms with Gasteiger partial charge in [-0.3, -0.25) is 4.90 Å². The Morgan fingerprint density at radius 3 is 2.69 bits per heavy atom. The summed E-state index contributed by atoms with van der Waals surface area (Å²) in [6.07, 6.45) is 2.23. The largest absolute Gasteiger partial charge is 0.493 e. The van der Waals surface area contributed by atoms with Crippen molar-refractivity contribution in [3.63, 3.8) is 0 Å². The van der Waals surface area contributed by atoms with Gasteiger partial charge in [-0.25, -0.2) is 0 Å². The second kappa shape index (κ2) is 8.51. The highest BCUT2D eigenvalue weighted by atomic mass is 32.1. The van der Waals surface area contributed by atoms with E-state index in [1.54, 1.807) is 14.2 Å². The third kappa shape index (κ3) is 4.13. The molecule has 7 nitrogen and oxygen atoms in total. The van der Waals surface area contributed by atoms with Gasteiger partial charge in [0, 0.05) is 25.1 Å². The van der Waals surface area contributed by atoms with E-state index >= 15 is 0 Å². The number of aryl methyl sites for hydroxylation is 2. The molecule has 3 aromatic rings. The molecule has 0 unspecified atom stereocenters. The zero-order valence-electron chi connectivity index (χ0n) is 17.3. The summed E-state index contributed by atoms with van der Waals surface area (Å²) in [6, 6.07) is 6.08.